The van der Waals surface area contributed by atoms with Gasteiger partial charge in [0, 0.05) is 18.8 Å². The number of aryl methyl sites for hydroxylation is 1. The van der Waals surface area contributed by atoms with Crippen molar-refractivity contribution in [2.24, 2.45) is 0 Å². The number of nitrogens with zero attached hydrogens (tertiary/aromatic N) is 1. The molecule has 0 fully saturated rings. The number of thiophene rings is 1. The smallest absolute Gasteiger partial charge is 0.258 e. The standard InChI is InChI=1S/C16H18Cl2N2O3S2/c1-4-20(5-2)25(22,23)13-8-11(7-6-10(13)3)19-16(21)12-9-14(17)24-15(12)18/h6-9H,4-5H2,1-3H3,(H,19,21). The van der Waals surface area contributed by atoms with E-state index < -0.39 is 15.9 Å². The topological polar surface area (TPSA) is 66.5 Å². The van der Waals surface area contributed by atoms with Crippen LogP contribution < -0.4 is 5.32 Å². The van der Waals surface area contributed by atoms with Crippen LogP contribution in [0.3, 0.4) is 0 Å². The summed E-state index contributed by atoms with van der Waals surface area (Å²) in [5, 5.41) is 2.67. The first-order chi connectivity index (χ1) is 11.7. The van der Waals surface area contributed by atoms with Gasteiger partial charge in [0.25, 0.3) is 5.91 Å². The van der Waals surface area contributed by atoms with Crippen LogP contribution in [0, 0.1) is 6.92 Å². The molecule has 0 aliphatic rings. The average Bonchev–Trinajstić information content (AvgIpc) is 2.88. The Kier molecular flexibility index (Phi) is 6.51. The van der Waals surface area contributed by atoms with Gasteiger partial charge in [-0.3, -0.25) is 4.79 Å². The highest BCUT2D eigenvalue weighted by Crippen LogP contribution is 2.32. The number of nitrogens with one attached hydrogen (secondary N) is 1. The lowest BCUT2D eigenvalue weighted by molar-refractivity contribution is 0.102. The molecule has 0 spiro atoms. The van der Waals surface area contributed by atoms with Crippen molar-refractivity contribution < 1.29 is 13.2 Å². The number of halogens is 2. The zero-order valence-corrected chi connectivity index (χ0v) is 17.1. The van der Waals surface area contributed by atoms with Crippen LogP contribution in [0.15, 0.2) is 29.2 Å². The van der Waals surface area contributed by atoms with Gasteiger partial charge in [-0.15, -0.1) is 11.3 Å². The molecule has 1 aromatic heterocycles. The molecule has 0 saturated heterocycles. The highest BCUT2D eigenvalue weighted by Gasteiger charge is 2.24. The molecule has 25 heavy (non-hydrogen) atoms. The summed E-state index contributed by atoms with van der Waals surface area (Å²) in [4.78, 5) is 12.5. The third-order valence-corrected chi connectivity index (χ3v) is 7.35. The molecule has 9 heteroatoms. The Bertz CT molecular complexity index is 891. The highest BCUT2D eigenvalue weighted by molar-refractivity contribution is 7.89. The molecule has 0 atom stereocenters. The molecule has 2 rings (SSSR count). The van der Waals surface area contributed by atoms with Crippen LogP contribution in [-0.4, -0.2) is 31.7 Å². The van der Waals surface area contributed by atoms with Crippen LogP contribution in [0.25, 0.3) is 0 Å². The van der Waals surface area contributed by atoms with E-state index in [0.29, 0.717) is 28.7 Å². The average molecular weight is 421 g/mol. The Labute approximate surface area is 161 Å². The monoisotopic (exact) mass is 420 g/mol. The molecular weight excluding hydrogens is 403 g/mol. The van der Waals surface area contributed by atoms with Gasteiger partial charge in [0.2, 0.25) is 10.0 Å². The van der Waals surface area contributed by atoms with Gasteiger partial charge in [-0.25, -0.2) is 8.42 Å². The molecule has 0 aliphatic carbocycles. The Morgan fingerprint density at radius 3 is 2.36 bits per heavy atom. The predicted molar refractivity (Wildman–Crippen MR) is 104 cm³/mol. The molecule has 1 amide bonds. The number of rotatable bonds is 6. The van der Waals surface area contributed by atoms with Gasteiger partial charge in [-0.1, -0.05) is 43.1 Å². The molecule has 0 saturated carbocycles. The maximum absolute atomic E-state index is 12.8. The first-order valence-electron chi connectivity index (χ1n) is 7.57. The maximum Gasteiger partial charge on any atom is 0.258 e. The van der Waals surface area contributed by atoms with Gasteiger partial charge in [0.15, 0.2) is 0 Å². The summed E-state index contributed by atoms with van der Waals surface area (Å²) in [6.07, 6.45) is 0. The van der Waals surface area contributed by atoms with Crippen molar-refractivity contribution in [3.8, 4) is 0 Å². The first-order valence-corrected chi connectivity index (χ1v) is 10.6. The second kappa shape index (κ2) is 8.05. The number of hydrogen-bond acceptors (Lipinski definition) is 4. The summed E-state index contributed by atoms with van der Waals surface area (Å²) in [5.41, 5.74) is 1.24. The van der Waals surface area contributed by atoms with Crippen molar-refractivity contribution in [2.75, 3.05) is 18.4 Å². The fraction of sp³-hybridized carbons (Fsp3) is 0.312. The second-order valence-corrected chi connectivity index (χ2v) is 9.45. The quantitative estimate of drug-likeness (QED) is 0.739. The summed E-state index contributed by atoms with van der Waals surface area (Å²) >= 11 is 12.9. The molecule has 2 aromatic rings. The van der Waals surface area contributed by atoms with Gasteiger partial charge in [-0.2, -0.15) is 4.31 Å². The van der Waals surface area contributed by atoms with Crippen LogP contribution in [0.4, 0.5) is 5.69 Å². The Balaban J connectivity index is 2.36. The predicted octanol–water partition coefficient (Wildman–Crippen LogP) is 4.65. The zero-order valence-electron chi connectivity index (χ0n) is 14.0. The van der Waals surface area contributed by atoms with E-state index >= 15 is 0 Å². The highest BCUT2D eigenvalue weighted by atomic mass is 35.5. The molecule has 0 bridgehead atoms. The molecule has 0 aliphatic heterocycles. The lowest BCUT2D eigenvalue weighted by atomic mass is 10.2. The normalized spacial score (nSPS) is 11.8. The van der Waals surface area contributed by atoms with Crippen LogP contribution >= 0.6 is 34.5 Å². The van der Waals surface area contributed by atoms with E-state index in [2.05, 4.69) is 5.32 Å². The molecule has 1 heterocycles. The van der Waals surface area contributed by atoms with Crippen molar-refractivity contribution in [2.45, 2.75) is 25.7 Å². The minimum atomic E-state index is -3.62. The van der Waals surface area contributed by atoms with Gasteiger partial charge < -0.3 is 5.32 Å². The Hall–Kier alpha value is -1.12. The van der Waals surface area contributed by atoms with Crippen molar-refractivity contribution in [3.05, 3.63) is 44.1 Å². The number of sulfonamides is 1. The van der Waals surface area contributed by atoms with Crippen molar-refractivity contribution >= 4 is 56.2 Å². The number of anilines is 1. The Morgan fingerprint density at radius 2 is 1.84 bits per heavy atom. The number of hydrogen-bond donors (Lipinski definition) is 1. The van der Waals surface area contributed by atoms with Crippen molar-refractivity contribution in [1.82, 2.24) is 4.31 Å². The minimum absolute atomic E-state index is 0.170. The van der Waals surface area contributed by atoms with Crippen molar-refractivity contribution in [3.63, 3.8) is 0 Å². The number of benzene rings is 1. The van der Waals surface area contributed by atoms with E-state index in [1.807, 2.05) is 0 Å². The Morgan fingerprint density at radius 1 is 1.20 bits per heavy atom. The van der Waals surface area contributed by atoms with Crippen LogP contribution in [0.2, 0.25) is 8.67 Å². The minimum Gasteiger partial charge on any atom is -0.322 e. The molecular formula is C16H18Cl2N2O3S2. The number of carbonyl (C=O) groups is 1. The largest absolute Gasteiger partial charge is 0.322 e. The van der Waals surface area contributed by atoms with Crippen LogP contribution in [0.5, 0.6) is 0 Å². The first kappa shape index (κ1) is 20.2. The third kappa shape index (κ3) is 4.35. The number of amides is 1. The van der Waals surface area contributed by atoms with E-state index in [1.54, 1.807) is 32.9 Å². The summed E-state index contributed by atoms with van der Waals surface area (Å²) < 4.78 is 27.6. The molecule has 0 radical (unpaired) electrons. The molecule has 0 unspecified atom stereocenters. The summed E-state index contributed by atoms with van der Waals surface area (Å²) in [6, 6.07) is 6.25. The fourth-order valence-electron chi connectivity index (χ4n) is 2.35. The summed E-state index contributed by atoms with van der Waals surface area (Å²) in [5.74, 6) is -0.441. The maximum atomic E-state index is 12.8. The molecule has 1 N–H and O–H groups in total. The van der Waals surface area contributed by atoms with E-state index in [4.69, 9.17) is 23.2 Å². The lowest BCUT2D eigenvalue weighted by Gasteiger charge is -2.20. The van der Waals surface area contributed by atoms with Gasteiger partial charge in [0.05, 0.1) is 14.8 Å². The van der Waals surface area contributed by atoms with Gasteiger partial charge in [0.1, 0.15) is 4.34 Å². The lowest BCUT2D eigenvalue weighted by Crippen LogP contribution is -2.31. The SMILES string of the molecule is CCN(CC)S(=O)(=O)c1cc(NC(=O)c2cc(Cl)sc2Cl)ccc1C. The number of carbonyl (C=O) groups excluding carboxylic acids is 1. The van der Waals surface area contributed by atoms with E-state index in [0.717, 1.165) is 11.3 Å². The van der Waals surface area contributed by atoms with Gasteiger partial charge in [-0.05, 0) is 30.7 Å². The summed E-state index contributed by atoms with van der Waals surface area (Å²) in [7, 11) is -3.62. The van der Waals surface area contributed by atoms with E-state index in [-0.39, 0.29) is 14.8 Å². The van der Waals surface area contributed by atoms with E-state index in [9.17, 15) is 13.2 Å². The van der Waals surface area contributed by atoms with Crippen LogP contribution in [0.1, 0.15) is 29.8 Å². The molecule has 136 valence electrons. The van der Waals surface area contributed by atoms with Gasteiger partial charge >= 0.3 is 0 Å². The second-order valence-electron chi connectivity index (χ2n) is 5.26. The van der Waals surface area contributed by atoms with Crippen LogP contribution in [-0.2, 0) is 10.0 Å². The summed E-state index contributed by atoms with van der Waals surface area (Å²) in [6.45, 7) is 6.03. The van der Waals surface area contributed by atoms with E-state index in [1.165, 1.54) is 16.4 Å². The van der Waals surface area contributed by atoms with Crippen molar-refractivity contribution in [1.29, 1.82) is 0 Å². The fourth-order valence-corrected chi connectivity index (χ4v) is 5.52. The third-order valence-electron chi connectivity index (χ3n) is 3.67. The zero-order chi connectivity index (χ0) is 18.8. The molecule has 5 nitrogen and oxygen atoms in total. The molecule has 1 aromatic carbocycles.